The second-order valence-electron chi connectivity index (χ2n) is 4.18. The summed E-state index contributed by atoms with van der Waals surface area (Å²) in [6.07, 6.45) is 1.84. The maximum absolute atomic E-state index is 6.21. The molecule has 1 N–H and O–H groups in total. The molecule has 0 saturated carbocycles. The second kappa shape index (κ2) is 6.89. The summed E-state index contributed by atoms with van der Waals surface area (Å²) in [5.41, 5.74) is 1.16. The van der Waals surface area contributed by atoms with Gasteiger partial charge in [-0.15, -0.1) is 11.3 Å². The molecule has 2 aromatic rings. The van der Waals surface area contributed by atoms with Gasteiger partial charge in [-0.3, -0.25) is 0 Å². The first-order chi connectivity index (χ1) is 9.19. The highest BCUT2D eigenvalue weighted by atomic mass is 35.5. The minimum atomic E-state index is 0.512. The lowest BCUT2D eigenvalue weighted by Crippen LogP contribution is -2.11. The van der Waals surface area contributed by atoms with Gasteiger partial charge in [0.25, 0.3) is 0 Å². The molecular weight excluding hydrogens is 280 g/mol. The Bertz CT molecular complexity index is 542. The topological polar surface area (TPSA) is 34.1 Å². The summed E-state index contributed by atoms with van der Waals surface area (Å²) in [4.78, 5) is 5.30. The molecule has 0 fully saturated rings. The van der Waals surface area contributed by atoms with Gasteiger partial charge in [-0.25, -0.2) is 4.98 Å². The van der Waals surface area contributed by atoms with Crippen molar-refractivity contribution in [2.75, 3.05) is 6.54 Å². The number of nitrogens with zero attached hydrogens (tertiary/aromatic N) is 1. The Kier molecular flexibility index (Phi) is 5.19. The summed E-state index contributed by atoms with van der Waals surface area (Å²) in [6, 6.07) is 5.89. The number of benzene rings is 1. The first-order valence-electron chi connectivity index (χ1n) is 6.22. The van der Waals surface area contributed by atoms with Crippen LogP contribution in [0.2, 0.25) is 5.02 Å². The molecule has 5 heteroatoms. The van der Waals surface area contributed by atoms with E-state index in [4.69, 9.17) is 16.3 Å². The molecule has 0 aliphatic carbocycles. The standard InChI is InChI=1S/C14H17ClN2OS/c1-3-16-7-11-4-5-14(13(15)6-11)18-9-12-8-17-10(2)19-12/h4-6,8,16H,3,7,9H2,1-2H3. The van der Waals surface area contributed by atoms with Crippen molar-refractivity contribution < 1.29 is 4.74 Å². The number of aryl methyl sites for hydroxylation is 1. The Balaban J connectivity index is 1.96. The van der Waals surface area contributed by atoms with E-state index < -0.39 is 0 Å². The van der Waals surface area contributed by atoms with Gasteiger partial charge < -0.3 is 10.1 Å². The molecule has 0 atom stereocenters. The SMILES string of the molecule is CCNCc1ccc(OCc2cnc(C)s2)c(Cl)c1. The van der Waals surface area contributed by atoms with E-state index in [0.29, 0.717) is 17.4 Å². The molecule has 1 aromatic carbocycles. The third-order valence-corrected chi connectivity index (χ3v) is 3.80. The zero-order chi connectivity index (χ0) is 13.7. The summed E-state index contributed by atoms with van der Waals surface area (Å²) in [5, 5.41) is 4.96. The third kappa shape index (κ3) is 4.20. The Morgan fingerprint density at radius 1 is 1.42 bits per heavy atom. The average molecular weight is 297 g/mol. The van der Waals surface area contributed by atoms with Crippen molar-refractivity contribution >= 4 is 22.9 Å². The Labute approximate surface area is 122 Å². The highest BCUT2D eigenvalue weighted by Gasteiger charge is 2.05. The van der Waals surface area contributed by atoms with Crippen LogP contribution in [-0.4, -0.2) is 11.5 Å². The number of hydrogen-bond acceptors (Lipinski definition) is 4. The van der Waals surface area contributed by atoms with Crippen LogP contribution in [0.25, 0.3) is 0 Å². The van der Waals surface area contributed by atoms with Gasteiger partial charge in [-0.05, 0) is 31.2 Å². The number of nitrogens with one attached hydrogen (secondary N) is 1. The average Bonchev–Trinajstić information content (AvgIpc) is 2.81. The van der Waals surface area contributed by atoms with Gasteiger partial charge in [0.1, 0.15) is 12.4 Å². The second-order valence-corrected chi connectivity index (χ2v) is 5.91. The Hall–Kier alpha value is -1.10. The number of hydrogen-bond donors (Lipinski definition) is 1. The molecule has 0 unspecified atom stereocenters. The van der Waals surface area contributed by atoms with Gasteiger partial charge in [0.05, 0.1) is 14.9 Å². The van der Waals surface area contributed by atoms with Crippen LogP contribution in [-0.2, 0) is 13.2 Å². The van der Waals surface area contributed by atoms with Crippen LogP contribution in [0.15, 0.2) is 24.4 Å². The lowest BCUT2D eigenvalue weighted by atomic mass is 10.2. The first kappa shape index (κ1) is 14.3. The van der Waals surface area contributed by atoms with Gasteiger partial charge in [0.15, 0.2) is 0 Å². The maximum Gasteiger partial charge on any atom is 0.138 e. The smallest absolute Gasteiger partial charge is 0.138 e. The molecule has 102 valence electrons. The van der Waals surface area contributed by atoms with Crippen molar-refractivity contribution in [2.45, 2.75) is 27.0 Å². The molecule has 3 nitrogen and oxygen atoms in total. The van der Waals surface area contributed by atoms with Crippen LogP contribution >= 0.6 is 22.9 Å². The lowest BCUT2D eigenvalue weighted by Gasteiger charge is -2.09. The van der Waals surface area contributed by atoms with Crippen molar-refractivity contribution in [1.82, 2.24) is 10.3 Å². The van der Waals surface area contributed by atoms with E-state index in [9.17, 15) is 0 Å². The Morgan fingerprint density at radius 2 is 2.26 bits per heavy atom. The van der Waals surface area contributed by atoms with E-state index in [1.807, 2.05) is 31.3 Å². The molecule has 1 heterocycles. The summed E-state index contributed by atoms with van der Waals surface area (Å²) < 4.78 is 5.71. The van der Waals surface area contributed by atoms with Crippen molar-refractivity contribution in [1.29, 1.82) is 0 Å². The van der Waals surface area contributed by atoms with Crippen LogP contribution in [0, 0.1) is 6.92 Å². The molecule has 0 aliphatic heterocycles. The Morgan fingerprint density at radius 3 is 2.89 bits per heavy atom. The van der Waals surface area contributed by atoms with Gasteiger partial charge in [0.2, 0.25) is 0 Å². The molecule has 19 heavy (non-hydrogen) atoms. The molecule has 0 radical (unpaired) electrons. The summed E-state index contributed by atoms with van der Waals surface area (Å²) in [6.45, 7) is 6.34. The molecule has 0 bridgehead atoms. The highest BCUT2D eigenvalue weighted by molar-refractivity contribution is 7.11. The molecule has 0 amide bonds. The highest BCUT2D eigenvalue weighted by Crippen LogP contribution is 2.27. The summed E-state index contributed by atoms with van der Waals surface area (Å²) in [5.74, 6) is 0.716. The van der Waals surface area contributed by atoms with Gasteiger partial charge in [-0.1, -0.05) is 24.6 Å². The zero-order valence-electron chi connectivity index (χ0n) is 11.1. The van der Waals surface area contributed by atoms with Crippen molar-refractivity contribution in [3.8, 4) is 5.75 Å². The normalized spacial score (nSPS) is 10.7. The zero-order valence-corrected chi connectivity index (χ0v) is 12.6. The third-order valence-electron chi connectivity index (χ3n) is 2.61. The van der Waals surface area contributed by atoms with E-state index in [1.54, 1.807) is 11.3 Å². The fourth-order valence-corrected chi connectivity index (χ4v) is 2.63. The quantitative estimate of drug-likeness (QED) is 0.880. The van der Waals surface area contributed by atoms with Gasteiger partial charge >= 0.3 is 0 Å². The number of rotatable bonds is 6. The van der Waals surface area contributed by atoms with E-state index in [2.05, 4.69) is 17.2 Å². The van der Waals surface area contributed by atoms with E-state index in [-0.39, 0.29) is 0 Å². The predicted octanol–water partition coefficient (Wildman–Crippen LogP) is 3.79. The van der Waals surface area contributed by atoms with Gasteiger partial charge in [-0.2, -0.15) is 0 Å². The summed E-state index contributed by atoms with van der Waals surface area (Å²) >= 11 is 7.85. The monoisotopic (exact) mass is 296 g/mol. The number of ether oxygens (including phenoxy) is 1. The van der Waals surface area contributed by atoms with E-state index in [1.165, 1.54) is 0 Å². The maximum atomic E-state index is 6.21. The fraction of sp³-hybridized carbons (Fsp3) is 0.357. The largest absolute Gasteiger partial charge is 0.486 e. The van der Waals surface area contributed by atoms with Crippen LogP contribution in [0.5, 0.6) is 5.75 Å². The molecule has 1 aromatic heterocycles. The molecule has 0 saturated heterocycles. The predicted molar refractivity (Wildman–Crippen MR) is 80.0 cm³/mol. The minimum Gasteiger partial charge on any atom is -0.486 e. The van der Waals surface area contributed by atoms with Crippen LogP contribution in [0.1, 0.15) is 22.4 Å². The summed E-state index contributed by atoms with van der Waals surface area (Å²) in [7, 11) is 0. The minimum absolute atomic E-state index is 0.512. The number of thiazole rings is 1. The first-order valence-corrected chi connectivity index (χ1v) is 7.41. The van der Waals surface area contributed by atoms with E-state index >= 15 is 0 Å². The van der Waals surface area contributed by atoms with Gasteiger partial charge in [0, 0.05) is 12.7 Å². The number of halogens is 1. The van der Waals surface area contributed by atoms with Crippen LogP contribution in [0.3, 0.4) is 0 Å². The van der Waals surface area contributed by atoms with Crippen LogP contribution < -0.4 is 10.1 Å². The van der Waals surface area contributed by atoms with Crippen molar-refractivity contribution in [3.63, 3.8) is 0 Å². The van der Waals surface area contributed by atoms with Crippen molar-refractivity contribution in [3.05, 3.63) is 44.9 Å². The molecule has 2 rings (SSSR count). The van der Waals surface area contributed by atoms with Crippen molar-refractivity contribution in [2.24, 2.45) is 0 Å². The lowest BCUT2D eigenvalue weighted by molar-refractivity contribution is 0.309. The number of aromatic nitrogens is 1. The molecule has 0 spiro atoms. The molecular formula is C14H17ClN2OS. The fourth-order valence-electron chi connectivity index (χ4n) is 1.66. The van der Waals surface area contributed by atoms with Crippen LogP contribution in [0.4, 0.5) is 0 Å². The molecule has 0 aliphatic rings. The van der Waals surface area contributed by atoms with E-state index in [0.717, 1.165) is 28.5 Å².